The van der Waals surface area contributed by atoms with E-state index in [4.69, 9.17) is 5.73 Å². The van der Waals surface area contributed by atoms with E-state index in [2.05, 4.69) is 11.9 Å². The van der Waals surface area contributed by atoms with Crippen LogP contribution in [-0.2, 0) is 0 Å². The molecule has 0 amide bonds. The largest absolute Gasteiger partial charge is 0.326 e. The first-order valence-corrected chi connectivity index (χ1v) is 4.70. The molecule has 3 heteroatoms. The van der Waals surface area contributed by atoms with Crippen molar-refractivity contribution in [2.75, 3.05) is 45.8 Å². The monoisotopic (exact) mass is 170 g/mol. The Morgan fingerprint density at radius 1 is 1.42 bits per heavy atom. The van der Waals surface area contributed by atoms with E-state index in [1.54, 1.807) is 0 Å². The second-order valence-corrected chi connectivity index (χ2v) is 3.52. The van der Waals surface area contributed by atoms with Gasteiger partial charge >= 0.3 is 0 Å². The van der Waals surface area contributed by atoms with Gasteiger partial charge in [0.05, 0.1) is 26.2 Å². The van der Waals surface area contributed by atoms with Crippen LogP contribution in [-0.4, -0.2) is 50.3 Å². The molecule has 0 aromatic heterocycles. The van der Waals surface area contributed by atoms with Crippen molar-refractivity contribution in [1.29, 1.82) is 0 Å². The molecule has 3 N–H and O–H groups in total. The molecule has 0 unspecified atom stereocenters. The Kier molecular flexibility index (Phi) is 3.72. The highest BCUT2D eigenvalue weighted by molar-refractivity contribution is 4.69. The molecule has 70 valence electrons. The Morgan fingerprint density at radius 3 is 2.58 bits per heavy atom. The minimum atomic E-state index is 0.786. The molecule has 1 aliphatic heterocycles. The van der Waals surface area contributed by atoms with Crippen molar-refractivity contribution < 1.29 is 4.48 Å². The fourth-order valence-electron chi connectivity index (χ4n) is 1.91. The first kappa shape index (κ1) is 9.71. The number of quaternary nitrogens is 1. The second-order valence-electron chi connectivity index (χ2n) is 3.52. The van der Waals surface area contributed by atoms with Crippen LogP contribution >= 0.6 is 0 Å². The molecule has 0 saturated carbocycles. The molecule has 0 radical (unpaired) electrons. The average molecular weight is 170 g/mol. The van der Waals surface area contributed by atoms with E-state index < -0.39 is 0 Å². The number of nitrogens with two attached hydrogens (primary N) is 1. The fraction of sp³-hybridized carbons (Fsp3) is 0.778. The van der Waals surface area contributed by atoms with Crippen LogP contribution in [0.3, 0.4) is 0 Å². The van der Waals surface area contributed by atoms with Gasteiger partial charge in [-0.2, -0.15) is 0 Å². The van der Waals surface area contributed by atoms with Gasteiger partial charge in [-0.3, -0.25) is 0 Å². The van der Waals surface area contributed by atoms with Crippen molar-refractivity contribution >= 4 is 0 Å². The first-order chi connectivity index (χ1) is 5.83. The quantitative estimate of drug-likeness (QED) is 0.443. The van der Waals surface area contributed by atoms with E-state index in [0.717, 1.165) is 37.2 Å². The number of rotatable bonds is 4. The van der Waals surface area contributed by atoms with E-state index >= 15 is 0 Å². The molecule has 1 saturated heterocycles. The molecular weight excluding hydrogens is 150 g/mol. The maximum atomic E-state index is 5.60. The van der Waals surface area contributed by atoms with Crippen LogP contribution in [0, 0.1) is 0 Å². The third kappa shape index (κ3) is 2.30. The normalized spacial score (nSPS) is 22.1. The summed E-state index contributed by atoms with van der Waals surface area (Å²) >= 11 is 0. The molecule has 1 aliphatic rings. The van der Waals surface area contributed by atoms with Gasteiger partial charge in [0.25, 0.3) is 0 Å². The predicted molar refractivity (Wildman–Crippen MR) is 51.8 cm³/mol. The molecule has 0 aliphatic carbocycles. The van der Waals surface area contributed by atoms with Gasteiger partial charge < -0.3 is 15.5 Å². The van der Waals surface area contributed by atoms with Crippen LogP contribution in [0.25, 0.3) is 0 Å². The Labute approximate surface area is 74.8 Å². The molecule has 0 aromatic carbocycles. The van der Waals surface area contributed by atoms with Crippen LogP contribution in [0.15, 0.2) is 12.7 Å². The highest BCUT2D eigenvalue weighted by Gasteiger charge is 2.26. The summed E-state index contributed by atoms with van der Waals surface area (Å²) in [6.07, 6.45) is 2.01. The van der Waals surface area contributed by atoms with E-state index in [1.165, 1.54) is 13.1 Å². The van der Waals surface area contributed by atoms with Crippen molar-refractivity contribution in [3.63, 3.8) is 0 Å². The van der Waals surface area contributed by atoms with Crippen LogP contribution in [0.4, 0.5) is 0 Å². The Morgan fingerprint density at radius 2 is 2.08 bits per heavy atom. The van der Waals surface area contributed by atoms with E-state index in [-0.39, 0.29) is 0 Å². The van der Waals surface area contributed by atoms with Crippen molar-refractivity contribution in [1.82, 2.24) is 5.32 Å². The number of hydrogen-bond acceptors (Lipinski definition) is 2. The van der Waals surface area contributed by atoms with Crippen molar-refractivity contribution in [3.8, 4) is 0 Å². The molecule has 1 heterocycles. The van der Waals surface area contributed by atoms with Gasteiger partial charge in [-0.15, -0.1) is 0 Å². The lowest BCUT2D eigenvalue weighted by atomic mass is 10.2. The van der Waals surface area contributed by atoms with Crippen LogP contribution < -0.4 is 11.1 Å². The maximum absolute atomic E-state index is 5.60. The van der Waals surface area contributed by atoms with Gasteiger partial charge in [-0.25, -0.2) is 0 Å². The second kappa shape index (κ2) is 4.60. The van der Waals surface area contributed by atoms with Gasteiger partial charge in [-0.05, 0) is 6.08 Å². The zero-order valence-corrected chi connectivity index (χ0v) is 7.76. The lowest BCUT2D eigenvalue weighted by Gasteiger charge is -2.40. The van der Waals surface area contributed by atoms with E-state index in [9.17, 15) is 0 Å². The summed E-state index contributed by atoms with van der Waals surface area (Å²) in [5.41, 5.74) is 5.60. The third-order valence-corrected chi connectivity index (χ3v) is 2.65. The smallest absolute Gasteiger partial charge is 0.0972 e. The molecule has 0 atom stereocenters. The van der Waals surface area contributed by atoms with E-state index in [1.807, 2.05) is 6.08 Å². The van der Waals surface area contributed by atoms with Crippen LogP contribution in [0.5, 0.6) is 0 Å². The highest BCUT2D eigenvalue weighted by atomic mass is 15.4. The van der Waals surface area contributed by atoms with Crippen molar-refractivity contribution in [2.45, 2.75) is 0 Å². The van der Waals surface area contributed by atoms with Gasteiger partial charge in [0.2, 0.25) is 0 Å². The molecule has 1 fully saturated rings. The summed E-state index contributed by atoms with van der Waals surface area (Å²) < 4.78 is 1.13. The molecule has 0 aromatic rings. The summed E-state index contributed by atoms with van der Waals surface area (Å²) in [6.45, 7) is 11.4. The maximum Gasteiger partial charge on any atom is 0.0972 e. The summed E-state index contributed by atoms with van der Waals surface area (Å²) in [5.74, 6) is 0. The fourth-order valence-corrected chi connectivity index (χ4v) is 1.91. The standard InChI is InChI=1S/C9H20N3/c1-2-6-12(7-3-10)8-4-11-5-9-12/h2,11H,1,3-10H2/q+1. The molecule has 0 bridgehead atoms. The number of nitrogens with zero attached hydrogens (tertiary/aromatic N) is 1. The average Bonchev–Trinajstić information content (AvgIpc) is 2.07. The van der Waals surface area contributed by atoms with Gasteiger partial charge in [0.1, 0.15) is 0 Å². The number of nitrogens with one attached hydrogen (secondary N) is 1. The van der Waals surface area contributed by atoms with Crippen LogP contribution in [0.1, 0.15) is 0 Å². The van der Waals surface area contributed by atoms with Gasteiger partial charge in [0.15, 0.2) is 0 Å². The summed E-state index contributed by atoms with van der Waals surface area (Å²) in [5, 5.41) is 3.37. The zero-order chi connectivity index (χ0) is 8.86. The van der Waals surface area contributed by atoms with Gasteiger partial charge in [-0.1, -0.05) is 6.58 Å². The summed E-state index contributed by atoms with van der Waals surface area (Å²) in [6, 6.07) is 0. The third-order valence-electron chi connectivity index (χ3n) is 2.65. The summed E-state index contributed by atoms with van der Waals surface area (Å²) in [7, 11) is 0. The highest BCUT2D eigenvalue weighted by Crippen LogP contribution is 2.07. The molecule has 1 rings (SSSR count). The lowest BCUT2D eigenvalue weighted by molar-refractivity contribution is -0.923. The van der Waals surface area contributed by atoms with Crippen molar-refractivity contribution in [3.05, 3.63) is 12.7 Å². The zero-order valence-electron chi connectivity index (χ0n) is 7.76. The Hall–Kier alpha value is -0.380. The lowest BCUT2D eigenvalue weighted by Crippen LogP contribution is -2.60. The van der Waals surface area contributed by atoms with Crippen molar-refractivity contribution in [2.24, 2.45) is 5.73 Å². The minimum absolute atomic E-state index is 0.786. The number of hydrogen-bond donors (Lipinski definition) is 2. The Bertz CT molecular complexity index is 133. The Balaban J connectivity index is 2.49. The van der Waals surface area contributed by atoms with Crippen LogP contribution in [0.2, 0.25) is 0 Å². The summed E-state index contributed by atoms with van der Waals surface area (Å²) in [4.78, 5) is 0. The SMILES string of the molecule is C=CC[N+]1(CCN)CCNCC1. The topological polar surface area (TPSA) is 38.0 Å². The minimum Gasteiger partial charge on any atom is -0.326 e. The molecular formula is C9H20N3+. The first-order valence-electron chi connectivity index (χ1n) is 4.70. The van der Waals surface area contributed by atoms with E-state index in [0.29, 0.717) is 0 Å². The predicted octanol–water partition coefficient (Wildman–Crippen LogP) is -0.449. The molecule has 3 nitrogen and oxygen atoms in total. The van der Waals surface area contributed by atoms with Gasteiger partial charge in [0, 0.05) is 19.6 Å². The number of piperazine rings is 1. The molecule has 12 heavy (non-hydrogen) atoms. The molecule has 0 spiro atoms.